The Bertz CT molecular complexity index is 809. The molecule has 0 amide bonds. The van der Waals surface area contributed by atoms with Crippen LogP contribution in [0, 0.1) is 13.8 Å². The lowest BCUT2D eigenvalue weighted by atomic mass is 10.1. The summed E-state index contributed by atoms with van der Waals surface area (Å²) >= 11 is 0. The van der Waals surface area contributed by atoms with Gasteiger partial charge in [0.2, 0.25) is 0 Å². The molecule has 3 aromatic rings. The molecular formula is C19H19NO. The van der Waals surface area contributed by atoms with Crippen molar-refractivity contribution in [2.24, 2.45) is 0 Å². The van der Waals surface area contributed by atoms with E-state index in [2.05, 4.69) is 48.7 Å². The van der Waals surface area contributed by atoms with Gasteiger partial charge in [-0.05, 0) is 31.9 Å². The SMILES string of the molecule is CC(=O)c1cn(Cc2ccc(C)cc2)c2c(C)cccc12. The lowest BCUT2D eigenvalue weighted by Crippen LogP contribution is -1.99. The van der Waals surface area contributed by atoms with Crippen LogP contribution in [0.5, 0.6) is 0 Å². The summed E-state index contributed by atoms with van der Waals surface area (Å²) in [5.41, 5.74) is 5.67. The monoisotopic (exact) mass is 277 g/mol. The fourth-order valence-corrected chi connectivity index (χ4v) is 2.84. The molecular weight excluding hydrogens is 258 g/mol. The maximum atomic E-state index is 11.9. The van der Waals surface area contributed by atoms with Gasteiger partial charge in [0.1, 0.15) is 0 Å². The van der Waals surface area contributed by atoms with Crippen LogP contribution in [0.15, 0.2) is 48.7 Å². The molecule has 1 aromatic heterocycles. The van der Waals surface area contributed by atoms with Gasteiger partial charge in [-0.1, -0.05) is 48.0 Å². The van der Waals surface area contributed by atoms with Gasteiger partial charge in [-0.2, -0.15) is 0 Å². The number of rotatable bonds is 3. The van der Waals surface area contributed by atoms with E-state index in [1.807, 2.05) is 18.3 Å². The van der Waals surface area contributed by atoms with Crippen molar-refractivity contribution >= 4 is 16.7 Å². The summed E-state index contributed by atoms with van der Waals surface area (Å²) in [6, 6.07) is 14.7. The molecule has 0 aliphatic carbocycles. The zero-order valence-electron chi connectivity index (χ0n) is 12.7. The number of nitrogens with zero attached hydrogens (tertiary/aromatic N) is 1. The number of carbonyl (C=O) groups excluding carboxylic acids is 1. The van der Waals surface area contributed by atoms with Gasteiger partial charge in [-0.25, -0.2) is 0 Å². The smallest absolute Gasteiger partial charge is 0.161 e. The van der Waals surface area contributed by atoms with Gasteiger partial charge < -0.3 is 4.57 Å². The van der Waals surface area contributed by atoms with Crippen LogP contribution in [0.3, 0.4) is 0 Å². The molecule has 0 aliphatic rings. The Kier molecular flexibility index (Phi) is 3.38. The van der Waals surface area contributed by atoms with Gasteiger partial charge in [-0.3, -0.25) is 4.79 Å². The van der Waals surface area contributed by atoms with E-state index in [1.165, 1.54) is 16.7 Å². The van der Waals surface area contributed by atoms with E-state index >= 15 is 0 Å². The third-order valence-electron chi connectivity index (χ3n) is 3.95. The first-order valence-corrected chi connectivity index (χ1v) is 7.21. The minimum atomic E-state index is 0.119. The Labute approximate surface area is 125 Å². The van der Waals surface area contributed by atoms with Crippen molar-refractivity contribution in [3.63, 3.8) is 0 Å². The van der Waals surface area contributed by atoms with Gasteiger partial charge >= 0.3 is 0 Å². The number of benzene rings is 2. The van der Waals surface area contributed by atoms with Gasteiger partial charge in [0.05, 0.1) is 5.52 Å². The molecule has 0 saturated carbocycles. The fraction of sp³-hybridized carbons (Fsp3) is 0.211. The first-order chi connectivity index (χ1) is 10.1. The molecule has 2 aromatic carbocycles. The summed E-state index contributed by atoms with van der Waals surface area (Å²) in [4.78, 5) is 11.9. The van der Waals surface area contributed by atoms with Crippen molar-refractivity contribution in [3.05, 3.63) is 70.9 Å². The highest BCUT2D eigenvalue weighted by atomic mass is 16.1. The van der Waals surface area contributed by atoms with Crippen LogP contribution in [0.1, 0.15) is 34.0 Å². The number of ketones is 1. The van der Waals surface area contributed by atoms with E-state index in [1.54, 1.807) is 6.92 Å². The second kappa shape index (κ2) is 5.21. The third kappa shape index (κ3) is 2.49. The van der Waals surface area contributed by atoms with Crippen molar-refractivity contribution in [2.45, 2.75) is 27.3 Å². The predicted octanol–water partition coefficient (Wildman–Crippen LogP) is 4.51. The summed E-state index contributed by atoms with van der Waals surface area (Å²) in [6.45, 7) is 6.60. The Morgan fingerprint density at radius 1 is 1.05 bits per heavy atom. The molecule has 0 atom stereocenters. The average molecular weight is 277 g/mol. The van der Waals surface area contributed by atoms with Gasteiger partial charge in [-0.15, -0.1) is 0 Å². The van der Waals surface area contributed by atoms with Crippen molar-refractivity contribution in [3.8, 4) is 0 Å². The van der Waals surface area contributed by atoms with E-state index < -0.39 is 0 Å². The normalized spacial score (nSPS) is 11.0. The highest BCUT2D eigenvalue weighted by Crippen LogP contribution is 2.25. The molecule has 0 N–H and O–H groups in total. The number of aromatic nitrogens is 1. The molecule has 0 fully saturated rings. The molecule has 0 spiro atoms. The Balaban J connectivity index is 2.13. The molecule has 0 bridgehead atoms. The van der Waals surface area contributed by atoms with Crippen LogP contribution < -0.4 is 0 Å². The molecule has 0 radical (unpaired) electrons. The molecule has 0 aliphatic heterocycles. The summed E-state index contributed by atoms with van der Waals surface area (Å²) in [7, 11) is 0. The third-order valence-corrected chi connectivity index (χ3v) is 3.95. The Morgan fingerprint density at radius 3 is 2.43 bits per heavy atom. The second-order valence-electron chi connectivity index (χ2n) is 5.68. The number of Topliss-reactive ketones (excluding diaryl/α,β-unsaturated/α-hetero) is 1. The summed E-state index contributed by atoms with van der Waals surface area (Å²) in [5.74, 6) is 0.119. The zero-order chi connectivity index (χ0) is 15.0. The summed E-state index contributed by atoms with van der Waals surface area (Å²) in [5, 5.41) is 1.05. The fourth-order valence-electron chi connectivity index (χ4n) is 2.84. The van der Waals surface area contributed by atoms with Crippen LogP contribution in [-0.2, 0) is 6.54 Å². The van der Waals surface area contributed by atoms with Crippen molar-refractivity contribution in [1.82, 2.24) is 4.57 Å². The largest absolute Gasteiger partial charge is 0.342 e. The number of para-hydroxylation sites is 1. The minimum Gasteiger partial charge on any atom is -0.342 e. The number of hydrogen-bond donors (Lipinski definition) is 0. The average Bonchev–Trinajstić information content (AvgIpc) is 2.82. The van der Waals surface area contributed by atoms with E-state index in [9.17, 15) is 4.79 Å². The molecule has 2 nitrogen and oxygen atoms in total. The minimum absolute atomic E-state index is 0.119. The highest BCUT2D eigenvalue weighted by Gasteiger charge is 2.13. The van der Waals surface area contributed by atoms with Crippen LogP contribution in [-0.4, -0.2) is 10.4 Å². The summed E-state index contributed by atoms with van der Waals surface area (Å²) in [6.07, 6.45) is 1.99. The number of carbonyl (C=O) groups is 1. The molecule has 0 unspecified atom stereocenters. The van der Waals surface area contributed by atoms with Gasteiger partial charge in [0.25, 0.3) is 0 Å². The van der Waals surface area contributed by atoms with E-state index in [4.69, 9.17) is 0 Å². The van der Waals surface area contributed by atoms with Crippen molar-refractivity contribution in [1.29, 1.82) is 0 Å². The predicted molar refractivity (Wildman–Crippen MR) is 87.0 cm³/mol. The Hall–Kier alpha value is -2.35. The summed E-state index contributed by atoms with van der Waals surface area (Å²) < 4.78 is 2.19. The first kappa shape index (κ1) is 13.6. The topological polar surface area (TPSA) is 22.0 Å². The maximum absolute atomic E-state index is 11.9. The molecule has 2 heteroatoms. The first-order valence-electron chi connectivity index (χ1n) is 7.21. The molecule has 106 valence electrons. The van der Waals surface area contributed by atoms with E-state index in [0.717, 1.165) is 23.0 Å². The van der Waals surface area contributed by atoms with Crippen LogP contribution >= 0.6 is 0 Å². The van der Waals surface area contributed by atoms with Crippen LogP contribution in [0.25, 0.3) is 10.9 Å². The van der Waals surface area contributed by atoms with Crippen LogP contribution in [0.4, 0.5) is 0 Å². The second-order valence-corrected chi connectivity index (χ2v) is 5.68. The zero-order valence-corrected chi connectivity index (χ0v) is 12.7. The number of aryl methyl sites for hydroxylation is 2. The van der Waals surface area contributed by atoms with Gasteiger partial charge in [0, 0.05) is 23.7 Å². The standard InChI is InChI=1S/C19H19NO/c1-13-7-9-16(10-8-13)11-20-12-18(15(3)21)17-6-4-5-14(2)19(17)20/h4-10,12H,11H2,1-3H3. The highest BCUT2D eigenvalue weighted by molar-refractivity contribution is 6.07. The van der Waals surface area contributed by atoms with Crippen molar-refractivity contribution < 1.29 is 4.79 Å². The van der Waals surface area contributed by atoms with E-state index in [-0.39, 0.29) is 5.78 Å². The number of fused-ring (bicyclic) bond motifs is 1. The number of hydrogen-bond acceptors (Lipinski definition) is 1. The van der Waals surface area contributed by atoms with E-state index in [0.29, 0.717) is 0 Å². The molecule has 0 saturated heterocycles. The lowest BCUT2D eigenvalue weighted by molar-refractivity contribution is 0.101. The lowest BCUT2D eigenvalue weighted by Gasteiger charge is -2.08. The molecule has 3 rings (SSSR count). The van der Waals surface area contributed by atoms with Gasteiger partial charge in [0.15, 0.2) is 5.78 Å². The molecule has 21 heavy (non-hydrogen) atoms. The quantitative estimate of drug-likeness (QED) is 0.646. The van der Waals surface area contributed by atoms with Crippen LogP contribution in [0.2, 0.25) is 0 Å². The van der Waals surface area contributed by atoms with Crippen molar-refractivity contribution in [2.75, 3.05) is 0 Å². The Morgan fingerprint density at radius 2 is 1.76 bits per heavy atom. The molecule has 1 heterocycles. The maximum Gasteiger partial charge on any atom is 0.161 e.